The molecule has 0 nitrogen and oxygen atoms in total. The molecule has 0 N–H and O–H groups in total. The first kappa shape index (κ1) is 25.6. The van der Waals surface area contributed by atoms with Crippen LogP contribution in [0.1, 0.15) is 20.8 Å². The predicted molar refractivity (Wildman–Crippen MR) is 168 cm³/mol. The van der Waals surface area contributed by atoms with E-state index in [0.717, 1.165) is 0 Å². The van der Waals surface area contributed by atoms with Gasteiger partial charge in [0.2, 0.25) is 0 Å². The Labute approximate surface area is 224 Å². The molecule has 184 valence electrons. The highest BCUT2D eigenvalue weighted by Gasteiger charge is 2.53. The SMILES string of the molecule is CC(C)[C@@H](C)[P+](c1ccccc1)(c1ccccc1)c1ccccc1P(c1ccccc1)c1ccccc1. The van der Waals surface area contributed by atoms with Crippen molar-refractivity contribution in [2.45, 2.75) is 26.4 Å². The van der Waals surface area contributed by atoms with Gasteiger partial charge in [-0.1, -0.05) is 123 Å². The van der Waals surface area contributed by atoms with Gasteiger partial charge in [-0.05, 0) is 67.8 Å². The first-order valence-electron chi connectivity index (χ1n) is 13.1. The number of hydrogen-bond donors (Lipinski definition) is 0. The van der Waals surface area contributed by atoms with Gasteiger partial charge in [-0.2, -0.15) is 0 Å². The minimum absolute atomic E-state index is 0.474. The molecule has 0 bridgehead atoms. The van der Waals surface area contributed by atoms with Crippen LogP contribution in [0, 0.1) is 5.92 Å². The monoisotopic (exact) mass is 517 g/mol. The third-order valence-corrected chi connectivity index (χ3v) is 15.3. The lowest BCUT2D eigenvalue weighted by Crippen LogP contribution is -2.45. The van der Waals surface area contributed by atoms with Crippen molar-refractivity contribution >= 4 is 47.0 Å². The zero-order valence-corrected chi connectivity index (χ0v) is 23.7. The molecule has 0 saturated heterocycles. The topological polar surface area (TPSA) is 0 Å². The summed E-state index contributed by atoms with van der Waals surface area (Å²) in [7, 11) is -2.74. The number of benzene rings is 5. The molecule has 1 atom stereocenters. The normalized spacial score (nSPS) is 12.6. The van der Waals surface area contributed by atoms with Crippen molar-refractivity contribution in [3.8, 4) is 0 Å². The van der Waals surface area contributed by atoms with Crippen molar-refractivity contribution < 1.29 is 0 Å². The largest absolute Gasteiger partial charge is 0.115 e. The van der Waals surface area contributed by atoms with E-state index in [-0.39, 0.29) is 0 Å². The summed E-state index contributed by atoms with van der Waals surface area (Å²) >= 11 is 0. The Balaban J connectivity index is 1.89. The van der Waals surface area contributed by atoms with Crippen molar-refractivity contribution in [1.29, 1.82) is 0 Å². The molecule has 0 radical (unpaired) electrons. The van der Waals surface area contributed by atoms with Crippen LogP contribution in [0.3, 0.4) is 0 Å². The molecule has 0 heterocycles. The molecule has 0 aliphatic carbocycles. The van der Waals surface area contributed by atoms with Crippen molar-refractivity contribution in [3.05, 3.63) is 146 Å². The molecule has 5 aromatic carbocycles. The van der Waals surface area contributed by atoms with Crippen LogP contribution in [0.25, 0.3) is 0 Å². The highest BCUT2D eigenvalue weighted by Crippen LogP contribution is 2.62. The molecule has 0 unspecified atom stereocenters. The van der Waals surface area contributed by atoms with Gasteiger partial charge in [-0.3, -0.25) is 0 Å². The van der Waals surface area contributed by atoms with Crippen LogP contribution in [0.5, 0.6) is 0 Å². The average Bonchev–Trinajstić information content (AvgIpc) is 2.96. The zero-order valence-electron chi connectivity index (χ0n) is 21.9. The summed E-state index contributed by atoms with van der Waals surface area (Å²) < 4.78 is 0. The summed E-state index contributed by atoms with van der Waals surface area (Å²) in [5.41, 5.74) is 0.474. The Morgan fingerprint density at radius 2 is 0.838 bits per heavy atom. The van der Waals surface area contributed by atoms with Crippen LogP contribution < -0.4 is 31.8 Å². The Hall–Kier alpha value is -3.04. The Morgan fingerprint density at radius 1 is 0.459 bits per heavy atom. The second kappa shape index (κ2) is 11.6. The fourth-order valence-electron chi connectivity index (χ4n) is 5.42. The van der Waals surface area contributed by atoms with Crippen LogP contribution in [0.2, 0.25) is 0 Å². The maximum atomic E-state index is 2.49. The van der Waals surface area contributed by atoms with Gasteiger partial charge in [0.25, 0.3) is 0 Å². The van der Waals surface area contributed by atoms with E-state index in [9.17, 15) is 0 Å². The average molecular weight is 518 g/mol. The molecule has 5 rings (SSSR count). The highest BCUT2D eigenvalue weighted by atomic mass is 31.2. The lowest BCUT2D eigenvalue weighted by Gasteiger charge is -2.37. The standard InChI is InChI=1S/C35H35P2/c1-28(2)29(3)37(32-22-12-6-13-23-32,33-24-14-7-15-25-33)35-27-17-16-26-34(35)36(30-18-8-4-9-19-30)31-20-10-5-11-21-31/h4-29H,1-3H3/q+1/t29-/m1/s1. The molecule has 0 amide bonds. The molecule has 0 aliphatic heterocycles. The molecule has 0 spiro atoms. The summed E-state index contributed by atoms with van der Waals surface area (Å²) in [6.07, 6.45) is 0. The van der Waals surface area contributed by atoms with Gasteiger partial charge in [0.05, 0.1) is 5.66 Å². The van der Waals surface area contributed by atoms with Crippen LogP contribution in [0.15, 0.2) is 146 Å². The Kier molecular flexibility index (Phi) is 8.00. The molecule has 0 saturated carbocycles. The molecule has 0 fully saturated rings. The van der Waals surface area contributed by atoms with E-state index in [4.69, 9.17) is 0 Å². The molecule has 0 aliphatic rings. The van der Waals surface area contributed by atoms with Gasteiger partial charge in [-0.25, -0.2) is 0 Å². The van der Waals surface area contributed by atoms with E-state index in [0.29, 0.717) is 11.6 Å². The van der Waals surface area contributed by atoms with Crippen molar-refractivity contribution in [2.75, 3.05) is 0 Å². The van der Waals surface area contributed by atoms with Gasteiger partial charge in [-0.15, -0.1) is 0 Å². The van der Waals surface area contributed by atoms with Crippen molar-refractivity contribution in [1.82, 2.24) is 0 Å². The van der Waals surface area contributed by atoms with E-state index >= 15 is 0 Å². The maximum absolute atomic E-state index is 2.49. The van der Waals surface area contributed by atoms with E-state index < -0.39 is 15.2 Å². The first-order chi connectivity index (χ1) is 18.1. The third kappa shape index (κ3) is 4.94. The van der Waals surface area contributed by atoms with Crippen LogP contribution in [-0.2, 0) is 0 Å². The smallest absolute Gasteiger partial charge is 0.0622 e. The van der Waals surface area contributed by atoms with Crippen LogP contribution in [-0.4, -0.2) is 5.66 Å². The molecule has 5 aromatic rings. The van der Waals surface area contributed by atoms with Crippen LogP contribution >= 0.6 is 15.2 Å². The van der Waals surface area contributed by atoms with Crippen molar-refractivity contribution in [3.63, 3.8) is 0 Å². The fourth-order valence-corrected chi connectivity index (χ4v) is 13.7. The third-order valence-electron chi connectivity index (χ3n) is 7.43. The quantitative estimate of drug-likeness (QED) is 0.199. The summed E-state index contributed by atoms with van der Waals surface area (Å²) in [4.78, 5) is 0. The number of rotatable bonds is 8. The minimum Gasteiger partial charge on any atom is -0.0622 e. The van der Waals surface area contributed by atoms with E-state index in [1.807, 2.05) is 0 Å². The Morgan fingerprint density at radius 3 is 1.27 bits per heavy atom. The van der Waals surface area contributed by atoms with Crippen molar-refractivity contribution in [2.24, 2.45) is 5.92 Å². The van der Waals surface area contributed by atoms with Gasteiger partial charge in [0.1, 0.15) is 23.2 Å². The van der Waals surface area contributed by atoms with Gasteiger partial charge >= 0.3 is 0 Å². The minimum atomic E-state index is -2.02. The zero-order chi connectivity index (χ0) is 25.7. The first-order valence-corrected chi connectivity index (χ1v) is 16.3. The lowest BCUT2D eigenvalue weighted by atomic mass is 10.1. The molecule has 37 heavy (non-hydrogen) atoms. The molecule has 0 aromatic heterocycles. The van der Waals surface area contributed by atoms with Crippen LogP contribution in [0.4, 0.5) is 0 Å². The second-order valence-corrected chi connectivity index (χ2v) is 15.8. The molecular weight excluding hydrogens is 482 g/mol. The predicted octanol–water partition coefficient (Wildman–Crippen LogP) is 6.78. The highest BCUT2D eigenvalue weighted by molar-refractivity contribution is 7.97. The summed E-state index contributed by atoms with van der Waals surface area (Å²) in [6, 6.07) is 54.3. The maximum Gasteiger partial charge on any atom is 0.115 e. The number of hydrogen-bond acceptors (Lipinski definition) is 0. The second-order valence-electron chi connectivity index (χ2n) is 9.87. The molecular formula is C35H35P2+. The summed E-state index contributed by atoms with van der Waals surface area (Å²) in [5.74, 6) is 0.529. The van der Waals surface area contributed by atoms with E-state index in [2.05, 4.69) is 166 Å². The fraction of sp³-hybridized carbons (Fsp3) is 0.143. The van der Waals surface area contributed by atoms with Gasteiger partial charge in [0.15, 0.2) is 0 Å². The van der Waals surface area contributed by atoms with E-state index in [1.54, 1.807) is 0 Å². The summed E-state index contributed by atoms with van der Waals surface area (Å²) in [6.45, 7) is 7.28. The van der Waals surface area contributed by atoms with Gasteiger partial charge < -0.3 is 0 Å². The molecule has 2 heteroatoms. The van der Waals surface area contributed by atoms with Gasteiger partial charge in [0, 0.05) is 5.30 Å². The van der Waals surface area contributed by atoms with E-state index in [1.165, 1.54) is 31.8 Å². The Bertz CT molecular complexity index is 1320. The lowest BCUT2D eigenvalue weighted by molar-refractivity contribution is 0.635. The summed E-state index contributed by atoms with van der Waals surface area (Å²) in [5, 5.41) is 8.72.